The van der Waals surface area contributed by atoms with E-state index in [-0.39, 0.29) is 5.75 Å². The normalized spacial score (nSPS) is 10.9. The van der Waals surface area contributed by atoms with E-state index in [0.29, 0.717) is 22.4 Å². The number of hydrogen-bond acceptors (Lipinski definition) is 6. The molecule has 0 aliphatic rings. The highest BCUT2D eigenvalue weighted by Crippen LogP contribution is 2.27. The van der Waals surface area contributed by atoms with Crippen LogP contribution >= 0.6 is 11.8 Å². The Bertz CT molecular complexity index is 825. The predicted octanol–water partition coefficient (Wildman–Crippen LogP) is 4.64. The lowest BCUT2D eigenvalue weighted by atomic mass is 10.2. The van der Waals surface area contributed by atoms with E-state index in [0.717, 1.165) is 11.3 Å². The first-order chi connectivity index (χ1) is 12.1. The van der Waals surface area contributed by atoms with Gasteiger partial charge in [0, 0.05) is 11.3 Å². The first-order valence-electron chi connectivity index (χ1n) is 7.28. The van der Waals surface area contributed by atoms with Crippen LogP contribution in [0, 0.1) is 0 Å². The van der Waals surface area contributed by atoms with Crippen molar-refractivity contribution < 1.29 is 22.7 Å². The lowest BCUT2D eigenvalue weighted by Crippen LogP contribution is -2.01. The van der Waals surface area contributed by atoms with Gasteiger partial charge < -0.3 is 13.9 Å². The van der Waals surface area contributed by atoms with Crippen molar-refractivity contribution in [1.29, 1.82) is 0 Å². The minimum atomic E-state index is -2.85. The van der Waals surface area contributed by atoms with E-state index >= 15 is 0 Å². The molecule has 130 valence electrons. The van der Waals surface area contributed by atoms with Crippen LogP contribution in [0.15, 0.2) is 58.2 Å². The molecule has 0 atom stereocenters. The van der Waals surface area contributed by atoms with Crippen LogP contribution in [0.1, 0.15) is 5.56 Å². The molecule has 1 heterocycles. The van der Waals surface area contributed by atoms with Crippen LogP contribution in [-0.4, -0.2) is 23.9 Å². The van der Waals surface area contributed by atoms with Crippen LogP contribution in [0.4, 0.5) is 8.78 Å². The number of alkyl halides is 2. The van der Waals surface area contributed by atoms with Gasteiger partial charge in [-0.1, -0.05) is 23.9 Å². The Kier molecular flexibility index (Phi) is 5.49. The summed E-state index contributed by atoms with van der Waals surface area (Å²) >= 11 is 1.40. The summed E-state index contributed by atoms with van der Waals surface area (Å²) in [5.41, 5.74) is 1.69. The molecule has 0 radical (unpaired) electrons. The quantitative estimate of drug-likeness (QED) is 0.569. The molecule has 0 spiro atoms. The number of methoxy groups -OCH3 is 1. The van der Waals surface area contributed by atoms with Crippen molar-refractivity contribution in [3.8, 4) is 23.0 Å². The number of hydrogen-bond donors (Lipinski definition) is 0. The smallest absolute Gasteiger partial charge is 0.387 e. The van der Waals surface area contributed by atoms with Gasteiger partial charge in [-0.3, -0.25) is 0 Å². The fourth-order valence-corrected chi connectivity index (χ4v) is 2.78. The van der Waals surface area contributed by atoms with Crippen molar-refractivity contribution in [2.75, 3.05) is 7.11 Å². The maximum absolute atomic E-state index is 12.1. The highest BCUT2D eigenvalue weighted by molar-refractivity contribution is 7.98. The van der Waals surface area contributed by atoms with E-state index < -0.39 is 6.61 Å². The topological polar surface area (TPSA) is 57.4 Å². The molecule has 0 amide bonds. The lowest BCUT2D eigenvalue weighted by Gasteiger charge is -2.03. The highest BCUT2D eigenvalue weighted by atomic mass is 32.2. The van der Waals surface area contributed by atoms with E-state index in [1.807, 2.05) is 24.3 Å². The van der Waals surface area contributed by atoms with Gasteiger partial charge in [-0.05, 0) is 42.0 Å². The molecule has 25 heavy (non-hydrogen) atoms. The van der Waals surface area contributed by atoms with Crippen molar-refractivity contribution in [3.05, 3.63) is 54.1 Å². The van der Waals surface area contributed by atoms with E-state index in [4.69, 9.17) is 9.15 Å². The Morgan fingerprint density at radius 2 is 1.88 bits per heavy atom. The first-order valence-corrected chi connectivity index (χ1v) is 8.27. The molecular formula is C17H14F2N2O3S. The largest absolute Gasteiger partial charge is 0.497 e. The zero-order valence-corrected chi connectivity index (χ0v) is 14.0. The molecular weight excluding hydrogens is 350 g/mol. The SMILES string of the molecule is COc1cccc(CSc2nnc(-c3ccc(OC(F)F)cc3)o2)c1. The molecule has 0 aliphatic heterocycles. The van der Waals surface area contributed by atoms with Gasteiger partial charge in [-0.2, -0.15) is 8.78 Å². The van der Waals surface area contributed by atoms with Crippen LogP contribution in [0.5, 0.6) is 11.5 Å². The Labute approximate surface area is 147 Å². The molecule has 0 bridgehead atoms. The first kappa shape index (κ1) is 17.2. The van der Waals surface area contributed by atoms with E-state index in [9.17, 15) is 8.78 Å². The van der Waals surface area contributed by atoms with Gasteiger partial charge in [0.25, 0.3) is 5.22 Å². The van der Waals surface area contributed by atoms with E-state index in [1.54, 1.807) is 19.2 Å². The van der Waals surface area contributed by atoms with Gasteiger partial charge >= 0.3 is 6.61 Å². The van der Waals surface area contributed by atoms with Crippen molar-refractivity contribution >= 4 is 11.8 Å². The zero-order chi connectivity index (χ0) is 17.6. The van der Waals surface area contributed by atoms with Gasteiger partial charge in [-0.25, -0.2) is 0 Å². The number of ether oxygens (including phenoxy) is 2. The average Bonchev–Trinajstić information content (AvgIpc) is 3.09. The van der Waals surface area contributed by atoms with E-state index in [1.165, 1.54) is 23.9 Å². The molecule has 3 aromatic rings. The second-order valence-electron chi connectivity index (χ2n) is 4.92. The minimum absolute atomic E-state index is 0.0749. The van der Waals surface area contributed by atoms with Gasteiger partial charge in [-0.15, -0.1) is 10.2 Å². The van der Waals surface area contributed by atoms with Gasteiger partial charge in [0.2, 0.25) is 5.89 Å². The Morgan fingerprint density at radius 1 is 1.08 bits per heavy atom. The summed E-state index contributed by atoms with van der Waals surface area (Å²) in [6.07, 6.45) is 0. The third-order valence-corrected chi connectivity index (χ3v) is 4.12. The number of halogens is 2. The number of nitrogens with zero attached hydrogens (tertiary/aromatic N) is 2. The number of thioether (sulfide) groups is 1. The summed E-state index contributed by atoms with van der Waals surface area (Å²) in [6, 6.07) is 13.7. The highest BCUT2D eigenvalue weighted by Gasteiger charge is 2.11. The van der Waals surface area contributed by atoms with Gasteiger partial charge in [0.15, 0.2) is 0 Å². The summed E-state index contributed by atoms with van der Waals surface area (Å²) in [7, 11) is 1.62. The molecule has 0 N–H and O–H groups in total. The summed E-state index contributed by atoms with van der Waals surface area (Å²) in [4.78, 5) is 0. The summed E-state index contributed by atoms with van der Waals surface area (Å²) in [6.45, 7) is -2.85. The van der Waals surface area contributed by atoms with Gasteiger partial charge in [0.1, 0.15) is 11.5 Å². The second kappa shape index (κ2) is 7.98. The third kappa shape index (κ3) is 4.69. The summed E-state index contributed by atoms with van der Waals surface area (Å²) in [5, 5.41) is 8.38. The molecule has 2 aromatic carbocycles. The van der Waals surface area contributed by atoms with Crippen LogP contribution in [0.2, 0.25) is 0 Å². The van der Waals surface area contributed by atoms with Crippen molar-refractivity contribution in [1.82, 2.24) is 10.2 Å². The standard InChI is InChI=1S/C17H14F2N2O3S/c1-22-14-4-2-3-11(9-14)10-25-17-21-20-15(24-17)12-5-7-13(8-6-12)23-16(18)19/h2-9,16H,10H2,1H3. The van der Waals surface area contributed by atoms with Crippen LogP contribution in [0.25, 0.3) is 11.5 Å². The molecule has 8 heteroatoms. The summed E-state index contributed by atoms with van der Waals surface area (Å²) < 4.78 is 39.4. The minimum Gasteiger partial charge on any atom is -0.497 e. The molecule has 5 nitrogen and oxygen atoms in total. The molecule has 0 saturated heterocycles. The van der Waals surface area contributed by atoms with Crippen molar-refractivity contribution in [3.63, 3.8) is 0 Å². The average molecular weight is 364 g/mol. The Balaban J connectivity index is 1.63. The number of aromatic nitrogens is 2. The Hall–Kier alpha value is -2.61. The summed E-state index contributed by atoms with van der Waals surface area (Å²) in [5.74, 6) is 1.83. The predicted molar refractivity (Wildman–Crippen MR) is 88.9 cm³/mol. The number of rotatable bonds is 7. The monoisotopic (exact) mass is 364 g/mol. The fourth-order valence-electron chi connectivity index (χ4n) is 2.07. The molecule has 0 unspecified atom stereocenters. The fraction of sp³-hybridized carbons (Fsp3) is 0.176. The third-order valence-electron chi connectivity index (χ3n) is 3.23. The molecule has 0 fully saturated rings. The van der Waals surface area contributed by atoms with Crippen LogP contribution < -0.4 is 9.47 Å². The van der Waals surface area contributed by atoms with Crippen molar-refractivity contribution in [2.24, 2.45) is 0 Å². The second-order valence-corrected chi connectivity index (χ2v) is 5.84. The molecule has 3 rings (SSSR count). The van der Waals surface area contributed by atoms with Gasteiger partial charge in [0.05, 0.1) is 7.11 Å². The lowest BCUT2D eigenvalue weighted by molar-refractivity contribution is -0.0498. The zero-order valence-electron chi connectivity index (χ0n) is 13.2. The molecule has 1 aromatic heterocycles. The van der Waals surface area contributed by atoms with Crippen LogP contribution in [-0.2, 0) is 5.75 Å². The molecule has 0 saturated carbocycles. The maximum Gasteiger partial charge on any atom is 0.387 e. The maximum atomic E-state index is 12.1. The number of benzene rings is 2. The van der Waals surface area contributed by atoms with Crippen molar-refractivity contribution in [2.45, 2.75) is 17.6 Å². The Morgan fingerprint density at radius 3 is 2.60 bits per heavy atom. The van der Waals surface area contributed by atoms with Crippen LogP contribution in [0.3, 0.4) is 0 Å². The molecule has 0 aliphatic carbocycles. The van der Waals surface area contributed by atoms with E-state index in [2.05, 4.69) is 14.9 Å².